The summed E-state index contributed by atoms with van der Waals surface area (Å²) < 4.78 is 57.8. The highest BCUT2D eigenvalue weighted by Gasteiger charge is 2.32. The lowest BCUT2D eigenvalue weighted by molar-refractivity contribution is -0.137. The Morgan fingerprint density at radius 1 is 0.867 bits per heavy atom. The lowest BCUT2D eigenvalue weighted by Crippen LogP contribution is -2.20. The topological polar surface area (TPSA) is 26.3 Å². The number of carbonyl (C=O) groups is 1. The fourth-order valence-corrected chi connectivity index (χ4v) is 3.52. The number of esters is 1. The number of alkyl halides is 3. The number of benzene rings is 1. The molecule has 1 rings (SSSR count). The third-order valence-electron chi connectivity index (χ3n) is 5.28. The van der Waals surface area contributed by atoms with E-state index in [-0.39, 0.29) is 0 Å². The molecular weight excluding hydrogens is 396 g/mol. The molecular formula is C24H36F4O2. The van der Waals surface area contributed by atoms with Crippen LogP contribution in [0.3, 0.4) is 0 Å². The number of carbonyl (C=O) groups excluding carboxylic acids is 1. The number of hydrogen-bond donors (Lipinski definition) is 0. The molecule has 0 radical (unpaired) electrons. The molecule has 1 atom stereocenters. The van der Waals surface area contributed by atoms with Gasteiger partial charge in [-0.15, -0.1) is 0 Å². The van der Waals surface area contributed by atoms with Gasteiger partial charge < -0.3 is 4.74 Å². The van der Waals surface area contributed by atoms with Crippen LogP contribution < -0.4 is 0 Å². The van der Waals surface area contributed by atoms with Gasteiger partial charge in [0.2, 0.25) is 0 Å². The van der Waals surface area contributed by atoms with Gasteiger partial charge in [0.15, 0.2) is 0 Å². The van der Waals surface area contributed by atoms with E-state index in [2.05, 4.69) is 6.92 Å². The molecule has 0 aromatic heterocycles. The Hall–Kier alpha value is -1.59. The summed E-state index contributed by atoms with van der Waals surface area (Å²) in [6, 6.07) is 1.82. The number of rotatable bonds is 15. The van der Waals surface area contributed by atoms with Gasteiger partial charge in [0.25, 0.3) is 0 Å². The molecule has 6 heteroatoms. The Morgan fingerprint density at radius 3 is 1.97 bits per heavy atom. The second-order valence-corrected chi connectivity index (χ2v) is 7.98. The summed E-state index contributed by atoms with van der Waals surface area (Å²) in [5, 5.41) is 0. The van der Waals surface area contributed by atoms with Crippen molar-refractivity contribution in [1.29, 1.82) is 0 Å². The molecule has 172 valence electrons. The van der Waals surface area contributed by atoms with E-state index in [4.69, 9.17) is 4.74 Å². The quantitative estimate of drug-likeness (QED) is 0.158. The second kappa shape index (κ2) is 14.4. The third-order valence-corrected chi connectivity index (χ3v) is 5.28. The van der Waals surface area contributed by atoms with Crippen molar-refractivity contribution in [3.63, 3.8) is 0 Å². The van der Waals surface area contributed by atoms with Crippen LogP contribution in [0.5, 0.6) is 0 Å². The van der Waals surface area contributed by atoms with Crippen LogP contribution in [0.25, 0.3) is 0 Å². The smallest absolute Gasteiger partial charge is 0.416 e. The lowest BCUT2D eigenvalue weighted by Gasteiger charge is -2.18. The molecule has 0 heterocycles. The van der Waals surface area contributed by atoms with E-state index < -0.39 is 35.2 Å². The molecule has 1 aromatic carbocycles. The van der Waals surface area contributed by atoms with Gasteiger partial charge in [-0.25, -0.2) is 9.18 Å². The Morgan fingerprint density at radius 2 is 1.43 bits per heavy atom. The maximum absolute atomic E-state index is 13.9. The Labute approximate surface area is 178 Å². The van der Waals surface area contributed by atoms with Crippen molar-refractivity contribution in [1.82, 2.24) is 0 Å². The van der Waals surface area contributed by atoms with Gasteiger partial charge in [0, 0.05) is 0 Å². The van der Waals surface area contributed by atoms with E-state index >= 15 is 0 Å². The Bertz CT molecular complexity index is 614. The first-order chi connectivity index (χ1) is 14.3. The molecule has 0 aliphatic heterocycles. The predicted molar refractivity (Wildman–Crippen MR) is 112 cm³/mol. The molecule has 2 nitrogen and oxygen atoms in total. The first-order valence-corrected chi connectivity index (χ1v) is 11.4. The summed E-state index contributed by atoms with van der Waals surface area (Å²) in [5.41, 5.74) is -1.72. The third kappa shape index (κ3) is 10.4. The first-order valence-electron chi connectivity index (χ1n) is 11.4. The molecule has 0 spiro atoms. The minimum atomic E-state index is -4.64. The molecule has 0 N–H and O–H groups in total. The van der Waals surface area contributed by atoms with Gasteiger partial charge in [-0.3, -0.25) is 0 Å². The highest BCUT2D eigenvalue weighted by Crippen LogP contribution is 2.30. The second-order valence-electron chi connectivity index (χ2n) is 7.98. The molecule has 1 aromatic rings. The highest BCUT2D eigenvalue weighted by molar-refractivity contribution is 5.90. The number of unbranched alkanes of at least 4 members (excludes halogenated alkanes) is 9. The van der Waals surface area contributed by atoms with Gasteiger partial charge in [0.05, 0.1) is 11.1 Å². The molecule has 0 saturated heterocycles. The van der Waals surface area contributed by atoms with Gasteiger partial charge in [-0.2, -0.15) is 13.2 Å². The number of ether oxygens (including phenoxy) is 1. The van der Waals surface area contributed by atoms with Crippen LogP contribution in [0.2, 0.25) is 0 Å². The fraction of sp³-hybridized carbons (Fsp3) is 0.708. The fourth-order valence-electron chi connectivity index (χ4n) is 3.52. The summed E-state index contributed by atoms with van der Waals surface area (Å²) in [6.07, 6.45) is 8.94. The van der Waals surface area contributed by atoms with E-state index in [0.717, 1.165) is 25.7 Å². The van der Waals surface area contributed by atoms with E-state index in [1.807, 2.05) is 6.92 Å². The largest absolute Gasteiger partial charge is 0.459 e. The lowest BCUT2D eigenvalue weighted by atomic mass is 10.0. The maximum Gasteiger partial charge on any atom is 0.416 e. The summed E-state index contributed by atoms with van der Waals surface area (Å²) >= 11 is 0. The molecule has 0 fully saturated rings. The normalized spacial score (nSPS) is 12.7. The van der Waals surface area contributed by atoms with Gasteiger partial charge in [0.1, 0.15) is 11.9 Å². The first kappa shape index (κ1) is 26.4. The van der Waals surface area contributed by atoms with Crippen molar-refractivity contribution in [3.8, 4) is 0 Å². The van der Waals surface area contributed by atoms with Crippen molar-refractivity contribution in [2.75, 3.05) is 0 Å². The van der Waals surface area contributed by atoms with Crippen LogP contribution in [-0.4, -0.2) is 12.1 Å². The van der Waals surface area contributed by atoms with Crippen molar-refractivity contribution < 1.29 is 27.1 Å². The van der Waals surface area contributed by atoms with Crippen LogP contribution in [0.4, 0.5) is 17.6 Å². The van der Waals surface area contributed by atoms with Crippen molar-refractivity contribution >= 4 is 5.97 Å². The van der Waals surface area contributed by atoms with Crippen molar-refractivity contribution in [2.24, 2.45) is 0 Å². The van der Waals surface area contributed by atoms with E-state index in [1.165, 1.54) is 44.9 Å². The number of hydrogen-bond acceptors (Lipinski definition) is 2. The Balaban J connectivity index is 2.42. The minimum absolute atomic E-state index is 0.398. The van der Waals surface area contributed by atoms with Crippen LogP contribution in [0.15, 0.2) is 18.2 Å². The molecule has 0 bridgehead atoms. The maximum atomic E-state index is 13.9. The SMILES string of the molecule is CCCCCCCCCCCCC(CCC)OC(=O)c1cc(C(F)(F)F)ccc1F. The highest BCUT2D eigenvalue weighted by atomic mass is 19.4. The van der Waals surface area contributed by atoms with Crippen LogP contribution >= 0.6 is 0 Å². The van der Waals surface area contributed by atoms with Crippen LogP contribution in [0.1, 0.15) is 113 Å². The predicted octanol–water partition coefficient (Wildman–Crippen LogP) is 8.48. The molecule has 1 unspecified atom stereocenters. The summed E-state index contributed by atoms with van der Waals surface area (Å²) in [4.78, 5) is 12.3. The van der Waals surface area contributed by atoms with Gasteiger partial charge in [-0.1, -0.05) is 78.1 Å². The van der Waals surface area contributed by atoms with E-state index in [1.54, 1.807) is 0 Å². The molecule has 0 aliphatic rings. The standard InChI is InChI=1S/C24H36F4O2/c1-3-5-6-7-8-9-10-11-12-13-15-20(14-4-2)30-23(29)21-18-19(24(26,27)28)16-17-22(21)25/h16-18,20H,3-15H2,1-2H3. The molecule has 0 amide bonds. The minimum Gasteiger partial charge on any atom is -0.459 e. The molecule has 30 heavy (non-hydrogen) atoms. The summed E-state index contributed by atoms with van der Waals surface area (Å²) in [7, 11) is 0. The van der Waals surface area contributed by atoms with Crippen LogP contribution in [-0.2, 0) is 10.9 Å². The molecule has 0 aliphatic carbocycles. The number of halogens is 4. The van der Waals surface area contributed by atoms with Crippen molar-refractivity contribution in [3.05, 3.63) is 35.1 Å². The zero-order valence-corrected chi connectivity index (χ0v) is 18.3. The summed E-state index contributed by atoms with van der Waals surface area (Å²) in [5.74, 6) is -2.02. The van der Waals surface area contributed by atoms with Gasteiger partial charge in [-0.05, 0) is 37.5 Å². The summed E-state index contributed by atoms with van der Waals surface area (Å²) in [6.45, 7) is 4.16. The zero-order chi connectivity index (χ0) is 22.4. The monoisotopic (exact) mass is 432 g/mol. The van der Waals surface area contributed by atoms with E-state index in [9.17, 15) is 22.4 Å². The van der Waals surface area contributed by atoms with Gasteiger partial charge >= 0.3 is 12.1 Å². The Kier molecular flexibility index (Phi) is 12.7. The van der Waals surface area contributed by atoms with Crippen molar-refractivity contribution in [2.45, 2.75) is 110 Å². The average Bonchev–Trinajstić information content (AvgIpc) is 2.68. The zero-order valence-electron chi connectivity index (χ0n) is 18.3. The van der Waals surface area contributed by atoms with Crippen LogP contribution in [0, 0.1) is 5.82 Å². The average molecular weight is 433 g/mol. The molecule has 0 saturated carbocycles. The van der Waals surface area contributed by atoms with E-state index in [0.29, 0.717) is 31.0 Å².